The third-order valence-corrected chi connectivity index (χ3v) is 4.76. The lowest BCUT2D eigenvalue weighted by molar-refractivity contribution is 0.0956. The first kappa shape index (κ1) is 15.7. The molecule has 4 N–H and O–H groups in total. The minimum absolute atomic E-state index is 0.185. The molecule has 2 aromatic rings. The number of carbonyl (C=O) groups excluding carboxylic acids is 2. The van der Waals surface area contributed by atoms with E-state index in [9.17, 15) is 9.59 Å². The normalized spacial score (nSPS) is 12.7. The van der Waals surface area contributed by atoms with Crippen LogP contribution in [-0.2, 0) is 12.8 Å². The van der Waals surface area contributed by atoms with Gasteiger partial charge in [0.25, 0.3) is 11.8 Å². The van der Waals surface area contributed by atoms with Crippen LogP contribution in [0, 0.1) is 0 Å². The molecule has 1 heterocycles. The topological polar surface area (TPSA) is 84.2 Å². The van der Waals surface area contributed by atoms with Gasteiger partial charge >= 0.3 is 0 Å². The first-order chi connectivity index (χ1) is 11.2. The van der Waals surface area contributed by atoms with Crippen LogP contribution >= 0.6 is 11.3 Å². The Hall–Kier alpha value is -2.18. The van der Waals surface area contributed by atoms with E-state index in [1.807, 2.05) is 18.2 Å². The summed E-state index contributed by atoms with van der Waals surface area (Å²) in [5.41, 5.74) is 9.08. The van der Waals surface area contributed by atoms with Gasteiger partial charge in [0.2, 0.25) is 0 Å². The highest BCUT2D eigenvalue weighted by Crippen LogP contribution is 2.26. The van der Waals surface area contributed by atoms with E-state index in [4.69, 9.17) is 5.73 Å². The summed E-state index contributed by atoms with van der Waals surface area (Å²) in [7, 11) is 0. The largest absolute Gasteiger partial charge is 0.351 e. The smallest absolute Gasteiger partial charge is 0.256 e. The lowest BCUT2D eigenvalue weighted by Crippen LogP contribution is -2.29. The average molecular weight is 329 g/mol. The van der Waals surface area contributed by atoms with E-state index >= 15 is 0 Å². The number of rotatable bonds is 5. The van der Waals surface area contributed by atoms with Crippen molar-refractivity contribution in [1.29, 1.82) is 0 Å². The summed E-state index contributed by atoms with van der Waals surface area (Å²) < 4.78 is 0. The van der Waals surface area contributed by atoms with Gasteiger partial charge < -0.3 is 16.4 Å². The molecule has 0 atom stereocenters. The zero-order valence-corrected chi connectivity index (χ0v) is 13.5. The van der Waals surface area contributed by atoms with Crippen LogP contribution in [0.1, 0.15) is 38.3 Å². The number of nitrogens with one attached hydrogen (secondary N) is 2. The minimum atomic E-state index is -0.221. The molecule has 1 aliphatic carbocycles. The van der Waals surface area contributed by atoms with E-state index in [2.05, 4.69) is 10.6 Å². The molecule has 23 heavy (non-hydrogen) atoms. The van der Waals surface area contributed by atoms with Crippen LogP contribution < -0.4 is 16.4 Å². The van der Waals surface area contributed by atoms with Crippen molar-refractivity contribution in [1.82, 2.24) is 5.32 Å². The number of hydrogen-bond acceptors (Lipinski definition) is 4. The lowest BCUT2D eigenvalue weighted by atomic mass is 10.1. The molecule has 0 radical (unpaired) electrons. The number of fused-ring (bicyclic) bond motifs is 1. The average Bonchev–Trinajstić information content (AvgIpc) is 3.20. The Morgan fingerprint density at radius 3 is 2.78 bits per heavy atom. The number of thiophene rings is 1. The molecule has 0 saturated carbocycles. The molecule has 0 bridgehead atoms. The number of anilines is 1. The molecule has 2 amide bonds. The van der Waals surface area contributed by atoms with Gasteiger partial charge in [-0.05, 0) is 54.0 Å². The summed E-state index contributed by atoms with van der Waals surface area (Å²) in [6.07, 6.45) is 3.27. The molecule has 120 valence electrons. The van der Waals surface area contributed by atoms with E-state index < -0.39 is 0 Å². The van der Waals surface area contributed by atoms with Gasteiger partial charge in [-0.3, -0.25) is 9.59 Å². The maximum atomic E-state index is 12.4. The first-order valence-electron chi connectivity index (χ1n) is 7.68. The van der Waals surface area contributed by atoms with Crippen molar-refractivity contribution in [3.05, 3.63) is 51.9 Å². The monoisotopic (exact) mass is 329 g/mol. The van der Waals surface area contributed by atoms with E-state index in [0.29, 0.717) is 29.2 Å². The molecular formula is C17H19N3O2S. The summed E-state index contributed by atoms with van der Waals surface area (Å²) in [6.45, 7) is 0.791. The van der Waals surface area contributed by atoms with E-state index in [1.165, 1.54) is 22.5 Å². The minimum Gasteiger partial charge on any atom is -0.351 e. The predicted octanol–water partition coefficient (Wildman–Crippen LogP) is 2.18. The first-order valence-corrected chi connectivity index (χ1v) is 8.56. The van der Waals surface area contributed by atoms with Crippen molar-refractivity contribution in [2.75, 3.05) is 18.4 Å². The maximum Gasteiger partial charge on any atom is 0.256 e. The molecule has 3 rings (SSSR count). The summed E-state index contributed by atoms with van der Waals surface area (Å²) in [4.78, 5) is 24.5. The van der Waals surface area contributed by atoms with Crippen LogP contribution in [0.4, 0.5) is 5.00 Å². The summed E-state index contributed by atoms with van der Waals surface area (Å²) in [5.74, 6) is -0.407. The van der Waals surface area contributed by atoms with Crippen molar-refractivity contribution in [3.63, 3.8) is 0 Å². The van der Waals surface area contributed by atoms with Crippen molar-refractivity contribution < 1.29 is 9.59 Å². The third-order valence-electron chi connectivity index (χ3n) is 3.93. The second-order valence-electron chi connectivity index (χ2n) is 5.50. The zero-order chi connectivity index (χ0) is 16.2. The fourth-order valence-corrected chi connectivity index (χ4v) is 3.53. The van der Waals surface area contributed by atoms with Crippen LogP contribution in [0.2, 0.25) is 0 Å². The van der Waals surface area contributed by atoms with Gasteiger partial charge in [-0.1, -0.05) is 6.07 Å². The Kier molecular flexibility index (Phi) is 4.73. The summed E-state index contributed by atoms with van der Waals surface area (Å²) in [5, 5.41) is 7.90. The summed E-state index contributed by atoms with van der Waals surface area (Å²) in [6, 6.07) is 7.54. The molecular weight excluding hydrogens is 310 g/mol. The highest BCUT2D eigenvalue weighted by atomic mass is 32.1. The molecule has 6 heteroatoms. The molecule has 0 saturated heterocycles. The number of benzene rings is 1. The second kappa shape index (κ2) is 6.93. The van der Waals surface area contributed by atoms with Gasteiger partial charge in [0.05, 0.1) is 5.56 Å². The van der Waals surface area contributed by atoms with Crippen molar-refractivity contribution >= 4 is 28.2 Å². The van der Waals surface area contributed by atoms with Crippen LogP contribution in [0.25, 0.3) is 0 Å². The summed E-state index contributed by atoms with van der Waals surface area (Å²) >= 11 is 1.34. The van der Waals surface area contributed by atoms with Crippen molar-refractivity contribution in [2.45, 2.75) is 19.3 Å². The van der Waals surface area contributed by atoms with E-state index in [0.717, 1.165) is 19.3 Å². The highest BCUT2D eigenvalue weighted by molar-refractivity contribution is 7.14. The fourth-order valence-electron chi connectivity index (χ4n) is 2.75. The van der Waals surface area contributed by atoms with Gasteiger partial charge in [-0.15, -0.1) is 11.3 Å². The molecule has 0 unspecified atom stereocenters. The molecule has 1 aromatic heterocycles. The third kappa shape index (κ3) is 3.43. The Labute approximate surface area is 138 Å². The maximum absolute atomic E-state index is 12.4. The number of nitrogens with two attached hydrogens (primary N) is 1. The molecule has 1 aromatic carbocycles. The SMILES string of the molecule is NCCNC(=O)c1ccsc1NC(=O)c1ccc2c(c1)CCC2. The Morgan fingerprint density at radius 2 is 1.96 bits per heavy atom. The highest BCUT2D eigenvalue weighted by Gasteiger charge is 2.17. The van der Waals surface area contributed by atoms with Gasteiger partial charge in [-0.25, -0.2) is 0 Å². The van der Waals surface area contributed by atoms with Gasteiger partial charge in [0, 0.05) is 18.7 Å². The zero-order valence-electron chi connectivity index (χ0n) is 12.7. The molecule has 0 aliphatic heterocycles. The van der Waals surface area contributed by atoms with Crippen LogP contribution in [0.15, 0.2) is 29.6 Å². The molecule has 0 fully saturated rings. The van der Waals surface area contributed by atoms with E-state index in [-0.39, 0.29) is 11.8 Å². The van der Waals surface area contributed by atoms with Gasteiger partial charge in [0.1, 0.15) is 5.00 Å². The number of hydrogen-bond donors (Lipinski definition) is 3. The Bertz CT molecular complexity index is 739. The van der Waals surface area contributed by atoms with E-state index in [1.54, 1.807) is 11.4 Å². The molecule has 5 nitrogen and oxygen atoms in total. The van der Waals surface area contributed by atoms with Crippen LogP contribution in [0.3, 0.4) is 0 Å². The Morgan fingerprint density at radius 1 is 1.13 bits per heavy atom. The quantitative estimate of drug-likeness (QED) is 0.786. The second-order valence-corrected chi connectivity index (χ2v) is 6.42. The molecule has 1 aliphatic rings. The van der Waals surface area contributed by atoms with Crippen molar-refractivity contribution in [3.8, 4) is 0 Å². The van der Waals surface area contributed by atoms with Gasteiger partial charge in [-0.2, -0.15) is 0 Å². The van der Waals surface area contributed by atoms with Crippen molar-refractivity contribution in [2.24, 2.45) is 5.73 Å². The fraction of sp³-hybridized carbons (Fsp3) is 0.294. The molecule has 0 spiro atoms. The lowest BCUT2D eigenvalue weighted by Gasteiger charge is -2.08. The number of aryl methyl sites for hydroxylation is 2. The number of carbonyl (C=O) groups is 2. The van der Waals surface area contributed by atoms with Crippen LogP contribution in [0.5, 0.6) is 0 Å². The van der Waals surface area contributed by atoms with Crippen LogP contribution in [-0.4, -0.2) is 24.9 Å². The predicted molar refractivity (Wildman–Crippen MR) is 92.1 cm³/mol. The Balaban J connectivity index is 1.73. The number of amides is 2. The standard InChI is InChI=1S/C17H19N3O2S/c18-7-8-19-16(22)14-6-9-23-17(14)20-15(21)13-5-4-11-2-1-3-12(11)10-13/h4-6,9-10H,1-3,7-8,18H2,(H,19,22)(H,20,21). The van der Waals surface area contributed by atoms with Gasteiger partial charge in [0.15, 0.2) is 0 Å².